The number of ether oxygens (including phenoxy) is 1. The van der Waals surface area contributed by atoms with Gasteiger partial charge in [0.25, 0.3) is 0 Å². The van der Waals surface area contributed by atoms with Crippen molar-refractivity contribution >= 4 is 33.2 Å². The molecule has 0 radical (unpaired) electrons. The molecule has 0 saturated carbocycles. The van der Waals surface area contributed by atoms with Crippen LogP contribution < -0.4 is 10.5 Å². The van der Waals surface area contributed by atoms with E-state index in [0.29, 0.717) is 27.8 Å². The Balaban J connectivity index is 2.29. The Bertz CT molecular complexity index is 617. The monoisotopic (exact) mass is 322 g/mol. The number of nitrogen functional groups attached to an aromatic ring is 1. The summed E-state index contributed by atoms with van der Waals surface area (Å²) >= 11 is 9.26. The van der Waals surface area contributed by atoms with Gasteiger partial charge >= 0.3 is 0 Å². The van der Waals surface area contributed by atoms with Gasteiger partial charge in [0.15, 0.2) is 0 Å². The highest BCUT2D eigenvalue weighted by Gasteiger charge is 2.04. The van der Waals surface area contributed by atoms with Crippen molar-refractivity contribution in [2.24, 2.45) is 0 Å². The molecule has 0 unspecified atom stereocenters. The Morgan fingerprint density at radius 2 is 1.94 bits per heavy atom. The third kappa shape index (κ3) is 2.95. The van der Waals surface area contributed by atoms with E-state index >= 15 is 0 Å². The molecule has 0 atom stereocenters. The predicted molar refractivity (Wildman–Crippen MR) is 74.8 cm³/mol. The molecule has 0 aromatic heterocycles. The Kier molecular flexibility index (Phi) is 3.75. The maximum atomic E-state index is 8.77. The van der Waals surface area contributed by atoms with Crippen molar-refractivity contribution in [2.45, 2.75) is 0 Å². The number of nitrogens with zero attached hydrogens (tertiary/aromatic N) is 1. The van der Waals surface area contributed by atoms with Crippen LogP contribution in [0, 0.1) is 11.3 Å². The molecular weight excluding hydrogens is 316 g/mol. The number of hydrogen-bond acceptors (Lipinski definition) is 3. The molecule has 0 aliphatic carbocycles. The van der Waals surface area contributed by atoms with Crippen molar-refractivity contribution in [1.82, 2.24) is 0 Å². The van der Waals surface area contributed by atoms with Gasteiger partial charge in [0.05, 0.1) is 10.6 Å². The van der Waals surface area contributed by atoms with E-state index in [4.69, 9.17) is 27.3 Å². The van der Waals surface area contributed by atoms with E-state index in [-0.39, 0.29) is 0 Å². The lowest BCUT2D eigenvalue weighted by atomic mass is 10.2. The molecule has 0 saturated heterocycles. The number of hydrogen-bond donors (Lipinski definition) is 1. The van der Waals surface area contributed by atoms with Gasteiger partial charge in [-0.05, 0) is 24.3 Å². The first-order valence-electron chi connectivity index (χ1n) is 5.02. The summed E-state index contributed by atoms with van der Waals surface area (Å²) in [4.78, 5) is 0. The number of halogens is 2. The molecule has 3 nitrogen and oxygen atoms in total. The van der Waals surface area contributed by atoms with Crippen LogP contribution >= 0.6 is 27.5 Å². The molecule has 0 bridgehead atoms. The predicted octanol–water partition coefficient (Wildman–Crippen LogP) is 4.35. The van der Waals surface area contributed by atoms with Crippen molar-refractivity contribution < 1.29 is 4.74 Å². The molecule has 2 aromatic carbocycles. The number of nitriles is 1. The van der Waals surface area contributed by atoms with Crippen LogP contribution in [0.4, 0.5) is 5.69 Å². The van der Waals surface area contributed by atoms with E-state index < -0.39 is 0 Å². The van der Waals surface area contributed by atoms with E-state index in [1.165, 1.54) is 0 Å². The summed E-state index contributed by atoms with van der Waals surface area (Å²) in [5, 5.41) is 9.13. The first-order chi connectivity index (χ1) is 8.58. The summed E-state index contributed by atoms with van der Waals surface area (Å²) in [5.74, 6) is 1.15. The average Bonchev–Trinajstić information content (AvgIpc) is 2.27. The molecule has 2 N–H and O–H groups in total. The first kappa shape index (κ1) is 12.7. The summed E-state index contributed by atoms with van der Waals surface area (Å²) in [6, 6.07) is 12.2. The minimum atomic E-state index is 0.359. The number of rotatable bonds is 2. The van der Waals surface area contributed by atoms with E-state index in [9.17, 15) is 0 Å². The lowest BCUT2D eigenvalue weighted by Gasteiger charge is -2.08. The van der Waals surface area contributed by atoms with E-state index in [2.05, 4.69) is 15.9 Å². The van der Waals surface area contributed by atoms with Gasteiger partial charge < -0.3 is 10.5 Å². The highest BCUT2D eigenvalue weighted by Crippen LogP contribution is 2.29. The van der Waals surface area contributed by atoms with Gasteiger partial charge in [-0.25, -0.2) is 0 Å². The standard InChI is InChI=1S/C13H8BrClN2O/c14-9-3-10(17)5-12(4-9)18-11-2-1-8(7-16)13(15)6-11/h1-6H,17H2. The van der Waals surface area contributed by atoms with Crippen LogP contribution in [-0.4, -0.2) is 0 Å². The van der Waals surface area contributed by atoms with Gasteiger partial charge in [-0.3, -0.25) is 0 Å². The Morgan fingerprint density at radius 1 is 1.17 bits per heavy atom. The second-order valence-electron chi connectivity index (χ2n) is 3.58. The van der Waals surface area contributed by atoms with Crippen LogP contribution in [0.15, 0.2) is 40.9 Å². The highest BCUT2D eigenvalue weighted by atomic mass is 79.9. The molecule has 0 aliphatic heterocycles. The lowest BCUT2D eigenvalue weighted by Crippen LogP contribution is -1.89. The van der Waals surface area contributed by atoms with Gasteiger partial charge in [0.2, 0.25) is 0 Å². The molecular formula is C13H8BrClN2O. The molecule has 18 heavy (non-hydrogen) atoms. The fourth-order valence-electron chi connectivity index (χ4n) is 1.43. The summed E-state index contributed by atoms with van der Waals surface area (Å²) in [6.45, 7) is 0. The fourth-order valence-corrected chi connectivity index (χ4v) is 2.13. The van der Waals surface area contributed by atoms with Crippen LogP contribution in [0.25, 0.3) is 0 Å². The van der Waals surface area contributed by atoms with Gasteiger partial charge in [-0.1, -0.05) is 27.5 Å². The number of benzene rings is 2. The molecule has 5 heteroatoms. The number of anilines is 1. The molecule has 2 rings (SSSR count). The van der Waals surface area contributed by atoms with Crippen LogP contribution in [0.2, 0.25) is 5.02 Å². The summed E-state index contributed by atoms with van der Waals surface area (Å²) in [5.41, 5.74) is 6.72. The zero-order valence-electron chi connectivity index (χ0n) is 9.15. The topological polar surface area (TPSA) is 59.0 Å². The van der Waals surface area contributed by atoms with E-state index in [1.807, 2.05) is 6.07 Å². The van der Waals surface area contributed by atoms with Crippen molar-refractivity contribution in [3.05, 3.63) is 51.5 Å². The van der Waals surface area contributed by atoms with Crippen molar-refractivity contribution in [1.29, 1.82) is 5.26 Å². The smallest absolute Gasteiger partial charge is 0.130 e. The number of nitrogens with two attached hydrogens (primary N) is 1. The van der Waals surface area contributed by atoms with Crippen LogP contribution in [-0.2, 0) is 0 Å². The van der Waals surface area contributed by atoms with Crippen molar-refractivity contribution in [2.75, 3.05) is 5.73 Å². The Hall–Kier alpha value is -1.70. The minimum Gasteiger partial charge on any atom is -0.457 e. The Labute approximate surface area is 118 Å². The first-order valence-corrected chi connectivity index (χ1v) is 6.19. The second-order valence-corrected chi connectivity index (χ2v) is 4.90. The molecule has 0 spiro atoms. The van der Waals surface area contributed by atoms with Gasteiger partial charge in [0.1, 0.15) is 17.6 Å². The summed E-state index contributed by atoms with van der Waals surface area (Å²) in [7, 11) is 0. The molecule has 0 amide bonds. The molecule has 2 aromatic rings. The quantitative estimate of drug-likeness (QED) is 0.836. The highest BCUT2D eigenvalue weighted by molar-refractivity contribution is 9.10. The summed E-state index contributed by atoms with van der Waals surface area (Å²) < 4.78 is 6.45. The van der Waals surface area contributed by atoms with Gasteiger partial charge in [-0.2, -0.15) is 5.26 Å². The maximum absolute atomic E-state index is 8.77. The average molecular weight is 324 g/mol. The maximum Gasteiger partial charge on any atom is 0.130 e. The van der Waals surface area contributed by atoms with Crippen molar-refractivity contribution in [3.8, 4) is 17.6 Å². The largest absolute Gasteiger partial charge is 0.457 e. The van der Waals surface area contributed by atoms with Crippen LogP contribution in [0.3, 0.4) is 0 Å². The third-order valence-corrected chi connectivity index (χ3v) is 2.96. The SMILES string of the molecule is N#Cc1ccc(Oc2cc(N)cc(Br)c2)cc1Cl. The van der Waals surface area contributed by atoms with Crippen LogP contribution in [0.5, 0.6) is 11.5 Å². The molecule has 0 heterocycles. The van der Waals surface area contributed by atoms with Gasteiger partial charge in [0, 0.05) is 22.3 Å². The summed E-state index contributed by atoms with van der Waals surface area (Å²) in [6.07, 6.45) is 0. The zero-order chi connectivity index (χ0) is 13.1. The minimum absolute atomic E-state index is 0.359. The molecule has 0 fully saturated rings. The zero-order valence-corrected chi connectivity index (χ0v) is 11.5. The van der Waals surface area contributed by atoms with E-state index in [1.54, 1.807) is 36.4 Å². The lowest BCUT2D eigenvalue weighted by molar-refractivity contribution is 0.482. The van der Waals surface area contributed by atoms with Gasteiger partial charge in [-0.15, -0.1) is 0 Å². The normalized spacial score (nSPS) is 9.83. The third-order valence-electron chi connectivity index (χ3n) is 2.19. The molecule has 90 valence electrons. The van der Waals surface area contributed by atoms with E-state index in [0.717, 1.165) is 4.47 Å². The Morgan fingerprint density at radius 3 is 2.56 bits per heavy atom. The van der Waals surface area contributed by atoms with Crippen LogP contribution in [0.1, 0.15) is 5.56 Å². The van der Waals surface area contributed by atoms with Crippen molar-refractivity contribution in [3.63, 3.8) is 0 Å². The molecule has 0 aliphatic rings. The fraction of sp³-hybridized carbons (Fsp3) is 0. The second kappa shape index (κ2) is 5.30.